The van der Waals surface area contributed by atoms with E-state index in [-0.39, 0.29) is 11.2 Å². The summed E-state index contributed by atoms with van der Waals surface area (Å²) in [5.41, 5.74) is -1.73. The fourth-order valence-corrected chi connectivity index (χ4v) is 1.79. The molecule has 0 amide bonds. The molecule has 0 bridgehead atoms. The van der Waals surface area contributed by atoms with E-state index in [1.54, 1.807) is 0 Å². The number of carbonyl (C=O) groups is 1. The molecule has 0 fully saturated rings. The normalized spacial score (nSPS) is 11.6. The highest BCUT2D eigenvalue weighted by Crippen LogP contribution is 2.35. The minimum atomic E-state index is -4.66. The van der Waals surface area contributed by atoms with Crippen LogP contribution in [0.5, 0.6) is 0 Å². The molecule has 1 heterocycles. The molecule has 90 valence electrons. The maximum Gasteiger partial charge on any atom is 0.433 e. The molecule has 0 saturated carbocycles. The standard InChI is InChI=1S/C8H8BrF3N2O2/c1-3-16-7(15)4-5(8(10,11)12)14(2)13-6(4)9/h3H2,1-2H3. The Labute approximate surface area is 97.5 Å². The van der Waals surface area contributed by atoms with E-state index in [0.29, 0.717) is 4.68 Å². The summed E-state index contributed by atoms with van der Waals surface area (Å²) in [6, 6.07) is 0. The molecule has 1 rings (SSSR count). The Morgan fingerprint density at radius 1 is 1.56 bits per heavy atom. The summed E-state index contributed by atoms with van der Waals surface area (Å²) in [6.45, 7) is 1.51. The Bertz CT molecular complexity index is 414. The van der Waals surface area contributed by atoms with Crippen molar-refractivity contribution in [1.29, 1.82) is 0 Å². The Morgan fingerprint density at radius 3 is 2.56 bits per heavy atom. The van der Waals surface area contributed by atoms with Gasteiger partial charge in [0.05, 0.1) is 6.61 Å². The van der Waals surface area contributed by atoms with Gasteiger partial charge in [0.1, 0.15) is 10.2 Å². The molecule has 0 aliphatic heterocycles. The van der Waals surface area contributed by atoms with Gasteiger partial charge >= 0.3 is 12.1 Å². The summed E-state index contributed by atoms with van der Waals surface area (Å²) in [4.78, 5) is 11.3. The lowest BCUT2D eigenvalue weighted by molar-refractivity contribution is -0.144. The number of nitrogens with zero attached hydrogens (tertiary/aromatic N) is 2. The van der Waals surface area contributed by atoms with Crippen LogP contribution in [-0.2, 0) is 18.0 Å². The van der Waals surface area contributed by atoms with Crippen molar-refractivity contribution in [1.82, 2.24) is 9.78 Å². The molecule has 0 spiro atoms. The van der Waals surface area contributed by atoms with Gasteiger partial charge in [-0.25, -0.2) is 4.79 Å². The van der Waals surface area contributed by atoms with E-state index in [0.717, 1.165) is 7.05 Å². The molecular formula is C8H8BrF3N2O2. The average molecular weight is 301 g/mol. The SMILES string of the molecule is CCOC(=O)c1c(Br)nn(C)c1C(F)(F)F. The Hall–Kier alpha value is -1.05. The fraction of sp³-hybridized carbons (Fsp3) is 0.500. The van der Waals surface area contributed by atoms with Crippen LogP contribution in [0.1, 0.15) is 23.0 Å². The highest BCUT2D eigenvalue weighted by Gasteiger charge is 2.41. The molecule has 0 atom stereocenters. The summed E-state index contributed by atoms with van der Waals surface area (Å²) >= 11 is 2.80. The predicted octanol–water partition coefficient (Wildman–Crippen LogP) is 2.38. The van der Waals surface area contributed by atoms with E-state index in [1.807, 2.05) is 0 Å². The molecule has 0 radical (unpaired) electrons. The first kappa shape index (κ1) is 13.0. The third-order valence-corrected chi connectivity index (χ3v) is 2.31. The number of alkyl halides is 3. The Kier molecular flexibility index (Phi) is 3.61. The number of aromatic nitrogens is 2. The molecule has 0 aromatic carbocycles. The first-order valence-electron chi connectivity index (χ1n) is 4.25. The topological polar surface area (TPSA) is 44.1 Å². The van der Waals surface area contributed by atoms with Gasteiger partial charge in [0.25, 0.3) is 0 Å². The number of hydrogen-bond acceptors (Lipinski definition) is 3. The van der Waals surface area contributed by atoms with Crippen LogP contribution >= 0.6 is 15.9 Å². The van der Waals surface area contributed by atoms with Crippen LogP contribution in [0.15, 0.2) is 4.60 Å². The van der Waals surface area contributed by atoms with Crippen molar-refractivity contribution in [2.24, 2.45) is 7.05 Å². The van der Waals surface area contributed by atoms with Gasteiger partial charge in [-0.2, -0.15) is 18.3 Å². The summed E-state index contributed by atoms with van der Waals surface area (Å²) < 4.78 is 42.9. The van der Waals surface area contributed by atoms with Crippen molar-refractivity contribution >= 4 is 21.9 Å². The Morgan fingerprint density at radius 2 is 2.12 bits per heavy atom. The van der Waals surface area contributed by atoms with Crippen LogP contribution in [0.4, 0.5) is 13.2 Å². The van der Waals surface area contributed by atoms with Crippen LogP contribution in [0.2, 0.25) is 0 Å². The molecule has 0 aliphatic carbocycles. The summed E-state index contributed by atoms with van der Waals surface area (Å²) in [6.07, 6.45) is -4.66. The van der Waals surface area contributed by atoms with E-state index in [9.17, 15) is 18.0 Å². The van der Waals surface area contributed by atoms with Crippen LogP contribution in [-0.4, -0.2) is 22.4 Å². The summed E-state index contributed by atoms with van der Waals surface area (Å²) in [5.74, 6) is -1.05. The van der Waals surface area contributed by atoms with Crippen molar-refractivity contribution in [3.63, 3.8) is 0 Å². The lowest BCUT2D eigenvalue weighted by atomic mass is 10.2. The zero-order valence-corrected chi connectivity index (χ0v) is 10.0. The van der Waals surface area contributed by atoms with Crippen LogP contribution in [0.25, 0.3) is 0 Å². The Balaban J connectivity index is 3.32. The van der Waals surface area contributed by atoms with Crippen molar-refractivity contribution in [3.8, 4) is 0 Å². The number of rotatable bonds is 2. The van der Waals surface area contributed by atoms with Crippen LogP contribution in [0.3, 0.4) is 0 Å². The largest absolute Gasteiger partial charge is 0.462 e. The molecule has 1 aromatic heterocycles. The first-order chi connectivity index (χ1) is 7.29. The second-order valence-corrected chi connectivity index (χ2v) is 3.61. The average Bonchev–Trinajstić information content (AvgIpc) is 2.40. The molecule has 4 nitrogen and oxygen atoms in total. The lowest BCUT2D eigenvalue weighted by Gasteiger charge is -2.09. The zero-order valence-electron chi connectivity index (χ0n) is 8.43. The molecule has 16 heavy (non-hydrogen) atoms. The third-order valence-electron chi connectivity index (χ3n) is 1.75. The molecular weight excluding hydrogens is 293 g/mol. The van der Waals surface area contributed by atoms with Gasteiger partial charge in [-0.15, -0.1) is 0 Å². The van der Waals surface area contributed by atoms with Gasteiger partial charge in [0.2, 0.25) is 0 Å². The minimum absolute atomic E-state index is 0.00252. The van der Waals surface area contributed by atoms with E-state index < -0.39 is 23.4 Å². The number of carbonyl (C=O) groups excluding carboxylic acids is 1. The monoisotopic (exact) mass is 300 g/mol. The summed E-state index contributed by atoms with van der Waals surface area (Å²) in [7, 11) is 1.11. The van der Waals surface area contributed by atoms with Gasteiger partial charge < -0.3 is 4.74 Å². The second-order valence-electron chi connectivity index (χ2n) is 2.86. The van der Waals surface area contributed by atoms with Crippen molar-refractivity contribution in [2.75, 3.05) is 6.61 Å². The molecule has 0 aliphatic rings. The van der Waals surface area contributed by atoms with E-state index in [4.69, 9.17) is 0 Å². The number of aryl methyl sites for hydroxylation is 1. The molecule has 8 heteroatoms. The summed E-state index contributed by atoms with van der Waals surface area (Å²) in [5, 5.41) is 3.49. The first-order valence-corrected chi connectivity index (χ1v) is 5.05. The van der Waals surface area contributed by atoms with Crippen LogP contribution < -0.4 is 0 Å². The molecule has 0 N–H and O–H groups in total. The van der Waals surface area contributed by atoms with Gasteiger partial charge in [-0.3, -0.25) is 4.68 Å². The van der Waals surface area contributed by atoms with Gasteiger partial charge in [0.15, 0.2) is 5.69 Å². The minimum Gasteiger partial charge on any atom is -0.462 e. The number of hydrogen-bond donors (Lipinski definition) is 0. The highest BCUT2D eigenvalue weighted by atomic mass is 79.9. The van der Waals surface area contributed by atoms with Crippen molar-refractivity contribution < 1.29 is 22.7 Å². The van der Waals surface area contributed by atoms with E-state index in [1.165, 1.54) is 6.92 Å². The highest BCUT2D eigenvalue weighted by molar-refractivity contribution is 9.10. The number of halogens is 4. The predicted molar refractivity (Wildman–Crippen MR) is 51.9 cm³/mol. The molecule has 1 aromatic rings. The van der Waals surface area contributed by atoms with E-state index >= 15 is 0 Å². The fourth-order valence-electron chi connectivity index (χ4n) is 1.20. The van der Waals surface area contributed by atoms with Gasteiger partial charge in [-0.1, -0.05) is 0 Å². The third kappa shape index (κ3) is 2.37. The maximum absolute atomic E-state index is 12.6. The molecule has 0 saturated heterocycles. The quantitative estimate of drug-likeness (QED) is 0.788. The van der Waals surface area contributed by atoms with E-state index in [2.05, 4.69) is 25.8 Å². The molecule has 0 unspecified atom stereocenters. The smallest absolute Gasteiger partial charge is 0.433 e. The number of ether oxygens (including phenoxy) is 1. The zero-order chi connectivity index (χ0) is 12.5. The lowest BCUT2D eigenvalue weighted by Crippen LogP contribution is -2.17. The second kappa shape index (κ2) is 4.44. The number of esters is 1. The maximum atomic E-state index is 12.6. The van der Waals surface area contributed by atoms with Crippen molar-refractivity contribution in [2.45, 2.75) is 13.1 Å². The van der Waals surface area contributed by atoms with Crippen molar-refractivity contribution in [3.05, 3.63) is 15.9 Å². The van der Waals surface area contributed by atoms with Crippen LogP contribution in [0, 0.1) is 0 Å². The van der Waals surface area contributed by atoms with Gasteiger partial charge in [-0.05, 0) is 22.9 Å². The van der Waals surface area contributed by atoms with Gasteiger partial charge in [0, 0.05) is 7.05 Å².